The number of fused-ring (bicyclic) bond motifs is 1. The molecule has 3 aromatic carbocycles. The number of hydrogen-bond donors (Lipinski definition) is 0. The maximum Gasteiger partial charge on any atom is 0.174 e. The Labute approximate surface area is 160 Å². The molecule has 1 aromatic heterocycles. The molecule has 0 unspecified atom stereocenters. The molecule has 4 aromatic rings. The molecule has 1 heterocycles. The van der Waals surface area contributed by atoms with Crippen LogP contribution in [-0.4, -0.2) is 10.4 Å². The topological polar surface area (TPSA) is 22.0 Å². The average Bonchev–Trinajstić information content (AvgIpc) is 3.01. The highest BCUT2D eigenvalue weighted by molar-refractivity contribution is 6.05. The Morgan fingerprint density at radius 1 is 0.815 bits per heavy atom. The normalized spacial score (nSPS) is 12.3. The fraction of sp³-hybridized carbons (Fsp3) is 0.160. The lowest BCUT2D eigenvalue weighted by atomic mass is 9.84. The molecule has 0 aliphatic heterocycles. The Bertz CT molecular complexity index is 1100. The summed E-state index contributed by atoms with van der Waals surface area (Å²) in [4.78, 5) is 13.6. The minimum atomic E-state index is -0.320. The number of carbonyl (C=O) groups is 1. The van der Waals surface area contributed by atoms with Crippen molar-refractivity contribution in [1.82, 2.24) is 4.57 Å². The molecule has 0 aliphatic rings. The van der Waals surface area contributed by atoms with E-state index >= 15 is 0 Å². The fourth-order valence-corrected chi connectivity index (χ4v) is 3.72. The zero-order valence-electron chi connectivity index (χ0n) is 15.9. The Morgan fingerprint density at radius 2 is 1.41 bits per heavy atom. The summed E-state index contributed by atoms with van der Waals surface area (Å²) in [6.45, 7) is 4.11. The van der Waals surface area contributed by atoms with E-state index in [1.54, 1.807) is 0 Å². The van der Waals surface area contributed by atoms with E-state index in [2.05, 4.69) is 54.1 Å². The van der Waals surface area contributed by atoms with Gasteiger partial charge in [-0.2, -0.15) is 0 Å². The maximum absolute atomic E-state index is 13.6. The van der Waals surface area contributed by atoms with Crippen LogP contribution in [0.25, 0.3) is 10.9 Å². The second-order valence-electron chi connectivity index (χ2n) is 7.29. The zero-order valence-corrected chi connectivity index (χ0v) is 15.9. The molecule has 0 amide bonds. The lowest BCUT2D eigenvalue weighted by molar-refractivity contribution is 0.0974. The van der Waals surface area contributed by atoms with Gasteiger partial charge in [0.25, 0.3) is 0 Å². The molecule has 1 atom stereocenters. The first kappa shape index (κ1) is 17.3. The van der Waals surface area contributed by atoms with Gasteiger partial charge < -0.3 is 4.57 Å². The number of aromatic nitrogens is 1. The van der Waals surface area contributed by atoms with Crippen LogP contribution in [-0.2, 0) is 7.05 Å². The molecule has 0 bridgehead atoms. The molecule has 0 N–H and O–H groups in total. The number of rotatable bonds is 4. The molecule has 2 heteroatoms. The smallest absolute Gasteiger partial charge is 0.174 e. The van der Waals surface area contributed by atoms with E-state index in [0.717, 1.165) is 33.2 Å². The second kappa shape index (κ2) is 6.88. The highest BCUT2D eigenvalue weighted by atomic mass is 16.1. The Morgan fingerprint density at radius 3 is 2.07 bits per heavy atom. The Hall–Kier alpha value is -3.13. The van der Waals surface area contributed by atoms with Crippen LogP contribution in [0.4, 0.5) is 0 Å². The van der Waals surface area contributed by atoms with Crippen molar-refractivity contribution in [3.8, 4) is 0 Å². The number of benzene rings is 3. The fourth-order valence-electron chi connectivity index (χ4n) is 3.72. The third kappa shape index (κ3) is 3.19. The number of para-hydroxylation sites is 1. The van der Waals surface area contributed by atoms with Crippen LogP contribution in [0.15, 0.2) is 79.0 Å². The molecule has 0 spiro atoms. The first-order valence-corrected chi connectivity index (χ1v) is 9.26. The monoisotopic (exact) mass is 353 g/mol. The zero-order chi connectivity index (χ0) is 19.0. The molecule has 0 fully saturated rings. The molecular weight excluding hydrogens is 330 g/mol. The number of Topliss-reactive ketones (excluding diaryl/α,β-unsaturated/α-hetero) is 1. The molecule has 134 valence electrons. The minimum absolute atomic E-state index is 0.134. The van der Waals surface area contributed by atoms with E-state index in [-0.39, 0.29) is 11.7 Å². The average molecular weight is 353 g/mol. The van der Waals surface area contributed by atoms with Crippen LogP contribution in [0.1, 0.15) is 38.5 Å². The van der Waals surface area contributed by atoms with Crippen molar-refractivity contribution in [3.63, 3.8) is 0 Å². The van der Waals surface area contributed by atoms with Gasteiger partial charge in [0.05, 0.1) is 5.92 Å². The first-order valence-electron chi connectivity index (χ1n) is 9.26. The maximum atomic E-state index is 13.6. The van der Waals surface area contributed by atoms with Gasteiger partial charge in [0.2, 0.25) is 0 Å². The van der Waals surface area contributed by atoms with Crippen LogP contribution in [0.2, 0.25) is 0 Å². The molecule has 4 rings (SSSR count). The van der Waals surface area contributed by atoms with E-state index in [4.69, 9.17) is 0 Å². The Balaban J connectivity index is 1.91. The van der Waals surface area contributed by atoms with Crippen molar-refractivity contribution in [2.75, 3.05) is 0 Å². The van der Waals surface area contributed by atoms with Crippen molar-refractivity contribution < 1.29 is 4.79 Å². The summed E-state index contributed by atoms with van der Waals surface area (Å²) in [5.41, 5.74) is 6.33. The quantitative estimate of drug-likeness (QED) is 0.424. The predicted molar refractivity (Wildman–Crippen MR) is 111 cm³/mol. The summed E-state index contributed by atoms with van der Waals surface area (Å²) < 4.78 is 2.11. The summed E-state index contributed by atoms with van der Waals surface area (Å²) in [7, 11) is 2.04. The van der Waals surface area contributed by atoms with Crippen molar-refractivity contribution >= 4 is 16.7 Å². The largest absolute Gasteiger partial charge is 0.350 e. The van der Waals surface area contributed by atoms with Crippen LogP contribution in [0.3, 0.4) is 0 Å². The highest BCUT2D eigenvalue weighted by Gasteiger charge is 2.27. The van der Waals surface area contributed by atoms with Gasteiger partial charge in [-0.05, 0) is 31.0 Å². The molecule has 0 aliphatic carbocycles. The second-order valence-corrected chi connectivity index (χ2v) is 7.29. The van der Waals surface area contributed by atoms with Crippen LogP contribution in [0.5, 0.6) is 0 Å². The van der Waals surface area contributed by atoms with E-state index in [0.29, 0.717) is 0 Å². The lowest BCUT2D eigenvalue weighted by Crippen LogP contribution is -2.14. The number of ketones is 1. The molecule has 0 radical (unpaired) electrons. The molecule has 2 nitrogen and oxygen atoms in total. The number of hydrogen-bond acceptors (Lipinski definition) is 1. The third-order valence-corrected chi connectivity index (χ3v) is 5.25. The molecule has 0 saturated carbocycles. The van der Waals surface area contributed by atoms with Gasteiger partial charge in [0, 0.05) is 29.7 Å². The van der Waals surface area contributed by atoms with Gasteiger partial charge in [0.1, 0.15) is 0 Å². The van der Waals surface area contributed by atoms with Gasteiger partial charge in [-0.25, -0.2) is 0 Å². The third-order valence-electron chi connectivity index (χ3n) is 5.25. The van der Waals surface area contributed by atoms with Crippen LogP contribution >= 0.6 is 0 Å². The standard InChI is InChI=1S/C25H23NO/c1-17-8-12-19(13-9-17)24(25(27)20-14-10-18(2)11-15-20)22-16-26(3)23-7-5-4-6-21(22)23/h4-16,24H,1-3H3/t24-/m1/s1. The molecule has 0 saturated heterocycles. The van der Waals surface area contributed by atoms with E-state index < -0.39 is 0 Å². The summed E-state index contributed by atoms with van der Waals surface area (Å²) >= 11 is 0. The van der Waals surface area contributed by atoms with Gasteiger partial charge in [-0.15, -0.1) is 0 Å². The van der Waals surface area contributed by atoms with Gasteiger partial charge >= 0.3 is 0 Å². The van der Waals surface area contributed by atoms with E-state index in [1.165, 1.54) is 5.56 Å². The summed E-state index contributed by atoms with van der Waals surface area (Å²) in [5.74, 6) is -0.186. The van der Waals surface area contributed by atoms with Crippen LogP contribution in [0, 0.1) is 13.8 Å². The highest BCUT2D eigenvalue weighted by Crippen LogP contribution is 2.34. The number of aryl methyl sites for hydroxylation is 3. The summed E-state index contributed by atoms with van der Waals surface area (Å²) in [6, 6.07) is 24.5. The minimum Gasteiger partial charge on any atom is -0.350 e. The predicted octanol–water partition coefficient (Wildman–Crippen LogP) is 5.81. The number of nitrogens with zero attached hydrogens (tertiary/aromatic N) is 1. The molecular formula is C25H23NO. The van der Waals surface area contributed by atoms with Crippen molar-refractivity contribution in [2.24, 2.45) is 7.05 Å². The van der Waals surface area contributed by atoms with Gasteiger partial charge in [-0.1, -0.05) is 77.9 Å². The van der Waals surface area contributed by atoms with E-state index in [1.807, 2.05) is 50.4 Å². The molecule has 27 heavy (non-hydrogen) atoms. The first-order chi connectivity index (χ1) is 13.0. The van der Waals surface area contributed by atoms with Gasteiger partial charge in [-0.3, -0.25) is 4.79 Å². The van der Waals surface area contributed by atoms with Gasteiger partial charge in [0.15, 0.2) is 5.78 Å². The number of carbonyl (C=O) groups excluding carboxylic acids is 1. The van der Waals surface area contributed by atoms with Crippen molar-refractivity contribution in [1.29, 1.82) is 0 Å². The SMILES string of the molecule is Cc1ccc(C(=O)[C@H](c2ccc(C)cc2)c2cn(C)c3ccccc23)cc1. The van der Waals surface area contributed by atoms with Crippen molar-refractivity contribution in [3.05, 3.63) is 107 Å². The summed E-state index contributed by atoms with van der Waals surface area (Å²) in [5, 5.41) is 1.13. The Kier molecular flexibility index (Phi) is 4.41. The summed E-state index contributed by atoms with van der Waals surface area (Å²) in [6.07, 6.45) is 2.10. The van der Waals surface area contributed by atoms with Crippen molar-refractivity contribution in [2.45, 2.75) is 19.8 Å². The van der Waals surface area contributed by atoms with E-state index in [9.17, 15) is 4.79 Å². The van der Waals surface area contributed by atoms with Crippen LogP contribution < -0.4 is 0 Å². The lowest BCUT2D eigenvalue weighted by Gasteiger charge is -2.17.